The molecule has 0 aromatic heterocycles. The summed E-state index contributed by atoms with van der Waals surface area (Å²) in [6.07, 6.45) is 3.76. The third-order valence-corrected chi connectivity index (χ3v) is 3.27. The summed E-state index contributed by atoms with van der Waals surface area (Å²) in [6.45, 7) is 3.58. The number of nitrogens with one attached hydrogen (secondary N) is 1. The van der Waals surface area contributed by atoms with Crippen LogP contribution in [0.1, 0.15) is 24.8 Å². The molecule has 3 nitrogen and oxygen atoms in total. The van der Waals surface area contributed by atoms with Crippen LogP contribution in [0, 0.1) is 5.92 Å². The maximum Gasteiger partial charge on any atom is 0.161 e. The summed E-state index contributed by atoms with van der Waals surface area (Å²) in [5.74, 6) is 2.71. The molecular weight excluding hydrogens is 214 g/mol. The summed E-state index contributed by atoms with van der Waals surface area (Å²) in [7, 11) is 0. The molecule has 1 heterocycles. The third kappa shape index (κ3) is 2.91. The normalized spacial score (nSPS) is 18.8. The van der Waals surface area contributed by atoms with Gasteiger partial charge in [0.15, 0.2) is 11.5 Å². The first kappa shape index (κ1) is 10.9. The van der Waals surface area contributed by atoms with E-state index in [0.29, 0.717) is 0 Å². The van der Waals surface area contributed by atoms with Crippen molar-refractivity contribution in [2.45, 2.75) is 25.8 Å². The van der Waals surface area contributed by atoms with Gasteiger partial charge in [0, 0.05) is 13.0 Å². The van der Waals surface area contributed by atoms with E-state index < -0.39 is 0 Å². The summed E-state index contributed by atoms with van der Waals surface area (Å²) in [5.41, 5.74) is 1.27. The maximum atomic E-state index is 5.68. The smallest absolute Gasteiger partial charge is 0.161 e. The van der Waals surface area contributed by atoms with Crippen LogP contribution in [-0.2, 0) is 6.54 Å². The van der Waals surface area contributed by atoms with Crippen LogP contribution in [0.5, 0.6) is 11.5 Å². The van der Waals surface area contributed by atoms with Crippen LogP contribution in [0.2, 0.25) is 0 Å². The van der Waals surface area contributed by atoms with Gasteiger partial charge in [0.25, 0.3) is 0 Å². The Morgan fingerprint density at radius 3 is 2.76 bits per heavy atom. The molecule has 17 heavy (non-hydrogen) atoms. The Labute approximate surface area is 102 Å². The monoisotopic (exact) mass is 233 g/mol. The average molecular weight is 233 g/mol. The van der Waals surface area contributed by atoms with Crippen molar-refractivity contribution in [1.29, 1.82) is 0 Å². The van der Waals surface area contributed by atoms with Gasteiger partial charge in [0.05, 0.1) is 13.2 Å². The molecule has 1 N–H and O–H groups in total. The highest BCUT2D eigenvalue weighted by atomic mass is 16.5. The van der Waals surface area contributed by atoms with Gasteiger partial charge in [-0.05, 0) is 43.0 Å². The molecule has 0 bridgehead atoms. The number of fused-ring (bicyclic) bond motifs is 1. The summed E-state index contributed by atoms with van der Waals surface area (Å²) in [5, 5.41) is 3.49. The number of benzene rings is 1. The van der Waals surface area contributed by atoms with E-state index in [1.54, 1.807) is 0 Å². The molecule has 92 valence electrons. The van der Waals surface area contributed by atoms with Crippen molar-refractivity contribution in [3.63, 3.8) is 0 Å². The first-order valence-electron chi connectivity index (χ1n) is 6.51. The van der Waals surface area contributed by atoms with Gasteiger partial charge in [-0.15, -0.1) is 0 Å². The van der Waals surface area contributed by atoms with E-state index >= 15 is 0 Å². The minimum absolute atomic E-state index is 0.756. The SMILES string of the molecule is c1cc2c(cc1CNCC1CC1)OCCCO2. The fourth-order valence-electron chi connectivity index (χ4n) is 2.06. The fourth-order valence-corrected chi connectivity index (χ4v) is 2.06. The van der Waals surface area contributed by atoms with Gasteiger partial charge < -0.3 is 14.8 Å². The van der Waals surface area contributed by atoms with Gasteiger partial charge in [-0.1, -0.05) is 6.07 Å². The van der Waals surface area contributed by atoms with Crippen molar-refractivity contribution in [1.82, 2.24) is 5.32 Å². The largest absolute Gasteiger partial charge is 0.490 e. The third-order valence-electron chi connectivity index (χ3n) is 3.27. The van der Waals surface area contributed by atoms with Crippen LogP contribution in [0.3, 0.4) is 0 Å². The average Bonchev–Trinajstić information content (AvgIpc) is 3.14. The Balaban J connectivity index is 1.62. The number of rotatable bonds is 4. The molecule has 0 spiro atoms. The van der Waals surface area contributed by atoms with E-state index in [2.05, 4.69) is 17.4 Å². The molecule has 1 aliphatic heterocycles. The van der Waals surface area contributed by atoms with E-state index in [9.17, 15) is 0 Å². The fraction of sp³-hybridized carbons (Fsp3) is 0.571. The highest BCUT2D eigenvalue weighted by molar-refractivity contribution is 5.43. The molecule has 1 aromatic carbocycles. The lowest BCUT2D eigenvalue weighted by molar-refractivity contribution is 0.297. The lowest BCUT2D eigenvalue weighted by atomic mass is 10.2. The summed E-state index contributed by atoms with van der Waals surface area (Å²) in [4.78, 5) is 0. The van der Waals surface area contributed by atoms with Crippen LogP contribution in [0.4, 0.5) is 0 Å². The molecule has 0 saturated heterocycles. The van der Waals surface area contributed by atoms with Crippen LogP contribution < -0.4 is 14.8 Å². The van der Waals surface area contributed by atoms with Crippen LogP contribution >= 0.6 is 0 Å². The van der Waals surface area contributed by atoms with Gasteiger partial charge in [-0.2, -0.15) is 0 Å². The van der Waals surface area contributed by atoms with E-state index in [0.717, 1.165) is 50.1 Å². The molecule has 1 fully saturated rings. The van der Waals surface area contributed by atoms with Crippen molar-refractivity contribution in [2.24, 2.45) is 5.92 Å². The van der Waals surface area contributed by atoms with Gasteiger partial charge in [0.2, 0.25) is 0 Å². The second kappa shape index (κ2) is 4.96. The summed E-state index contributed by atoms with van der Waals surface area (Å²) >= 11 is 0. The molecule has 0 unspecified atom stereocenters. The maximum absolute atomic E-state index is 5.68. The number of ether oxygens (including phenoxy) is 2. The van der Waals surface area contributed by atoms with E-state index in [1.807, 2.05) is 6.07 Å². The Morgan fingerprint density at radius 1 is 1.12 bits per heavy atom. The van der Waals surface area contributed by atoms with Crippen molar-refractivity contribution in [3.05, 3.63) is 23.8 Å². The van der Waals surface area contributed by atoms with Crippen LogP contribution in [0.15, 0.2) is 18.2 Å². The molecule has 0 radical (unpaired) electrons. The predicted octanol–water partition coefficient (Wildman–Crippen LogP) is 2.35. The number of hydrogen-bond donors (Lipinski definition) is 1. The minimum atomic E-state index is 0.756. The summed E-state index contributed by atoms with van der Waals surface area (Å²) < 4.78 is 11.3. The van der Waals surface area contributed by atoms with Gasteiger partial charge in [-0.25, -0.2) is 0 Å². The molecule has 3 rings (SSSR count). The topological polar surface area (TPSA) is 30.5 Å². The Bertz CT molecular complexity index is 388. The Hall–Kier alpha value is -1.22. The second-order valence-electron chi connectivity index (χ2n) is 4.91. The van der Waals surface area contributed by atoms with Crippen LogP contribution in [-0.4, -0.2) is 19.8 Å². The summed E-state index contributed by atoms with van der Waals surface area (Å²) in [6, 6.07) is 6.24. The number of hydrogen-bond acceptors (Lipinski definition) is 3. The zero-order valence-corrected chi connectivity index (χ0v) is 10.1. The van der Waals surface area contributed by atoms with Crippen molar-refractivity contribution >= 4 is 0 Å². The Kier molecular flexibility index (Phi) is 3.18. The molecule has 1 saturated carbocycles. The van der Waals surface area contributed by atoms with E-state index in [1.165, 1.54) is 18.4 Å². The van der Waals surface area contributed by atoms with Gasteiger partial charge in [-0.3, -0.25) is 0 Å². The minimum Gasteiger partial charge on any atom is -0.490 e. The highest BCUT2D eigenvalue weighted by Crippen LogP contribution is 2.31. The zero-order valence-electron chi connectivity index (χ0n) is 10.1. The van der Waals surface area contributed by atoms with E-state index in [-0.39, 0.29) is 0 Å². The van der Waals surface area contributed by atoms with Gasteiger partial charge >= 0.3 is 0 Å². The quantitative estimate of drug-likeness (QED) is 0.866. The highest BCUT2D eigenvalue weighted by Gasteiger charge is 2.20. The molecule has 2 aliphatic rings. The van der Waals surface area contributed by atoms with Crippen molar-refractivity contribution in [3.8, 4) is 11.5 Å². The lowest BCUT2D eigenvalue weighted by Crippen LogP contribution is -2.16. The van der Waals surface area contributed by atoms with E-state index in [4.69, 9.17) is 9.47 Å². The predicted molar refractivity (Wildman–Crippen MR) is 66.5 cm³/mol. The molecule has 1 aliphatic carbocycles. The zero-order chi connectivity index (χ0) is 11.5. The molecule has 1 aromatic rings. The Morgan fingerprint density at radius 2 is 1.94 bits per heavy atom. The lowest BCUT2D eigenvalue weighted by Gasteiger charge is -2.09. The molecular formula is C14H19NO2. The van der Waals surface area contributed by atoms with Gasteiger partial charge in [0.1, 0.15) is 0 Å². The van der Waals surface area contributed by atoms with Crippen molar-refractivity contribution < 1.29 is 9.47 Å². The standard InChI is InChI=1S/C14H19NO2/c1-6-16-13-5-4-12(8-14(13)17-7-1)10-15-9-11-2-3-11/h4-5,8,11,15H,1-3,6-7,9-10H2. The molecule has 3 heteroatoms. The first-order valence-corrected chi connectivity index (χ1v) is 6.51. The van der Waals surface area contributed by atoms with Crippen LogP contribution in [0.25, 0.3) is 0 Å². The van der Waals surface area contributed by atoms with Crippen molar-refractivity contribution in [2.75, 3.05) is 19.8 Å². The second-order valence-corrected chi connectivity index (χ2v) is 4.91. The first-order chi connectivity index (χ1) is 8.42. The molecule has 0 atom stereocenters. The molecule has 0 amide bonds.